The Hall–Kier alpha value is -1.42. The van der Waals surface area contributed by atoms with Crippen molar-refractivity contribution < 1.29 is 13.5 Å². The zero-order chi connectivity index (χ0) is 15.0. The fraction of sp³-hybridized carbons (Fsp3) is 0.500. The number of nitriles is 1. The van der Waals surface area contributed by atoms with Gasteiger partial charge < -0.3 is 5.11 Å². The van der Waals surface area contributed by atoms with Crippen molar-refractivity contribution in [1.29, 1.82) is 5.26 Å². The van der Waals surface area contributed by atoms with Gasteiger partial charge in [0, 0.05) is 19.7 Å². The quantitative estimate of drug-likeness (QED) is 0.792. The zero-order valence-electron chi connectivity index (χ0n) is 11.6. The number of unbranched alkanes of at least 4 members (excludes halogenated alkanes) is 1. The Kier molecular flexibility index (Phi) is 6.65. The van der Waals surface area contributed by atoms with Crippen LogP contribution in [0.4, 0.5) is 0 Å². The van der Waals surface area contributed by atoms with Gasteiger partial charge in [-0.3, -0.25) is 0 Å². The van der Waals surface area contributed by atoms with Gasteiger partial charge >= 0.3 is 0 Å². The van der Waals surface area contributed by atoms with E-state index in [1.807, 2.05) is 13.0 Å². The molecule has 0 heterocycles. The number of sulfonamides is 1. The van der Waals surface area contributed by atoms with Crippen molar-refractivity contribution in [1.82, 2.24) is 4.31 Å². The summed E-state index contributed by atoms with van der Waals surface area (Å²) in [7, 11) is -3.69. The van der Waals surface area contributed by atoms with E-state index in [0.717, 1.165) is 12.8 Å². The Morgan fingerprint density at radius 3 is 2.50 bits per heavy atom. The summed E-state index contributed by atoms with van der Waals surface area (Å²) >= 11 is 0. The highest BCUT2D eigenvalue weighted by molar-refractivity contribution is 7.89. The van der Waals surface area contributed by atoms with Gasteiger partial charge in [0.2, 0.25) is 10.0 Å². The molecule has 0 saturated heterocycles. The summed E-state index contributed by atoms with van der Waals surface area (Å²) in [5.41, 5.74) is 0.151. The van der Waals surface area contributed by atoms with E-state index >= 15 is 0 Å². The molecule has 0 aliphatic rings. The van der Waals surface area contributed by atoms with E-state index in [-0.39, 0.29) is 23.6 Å². The first-order valence-corrected chi connectivity index (χ1v) is 8.12. The lowest BCUT2D eigenvalue weighted by Gasteiger charge is -2.22. The normalized spacial score (nSPS) is 11.5. The van der Waals surface area contributed by atoms with Gasteiger partial charge in [-0.25, -0.2) is 8.42 Å². The number of nitrogens with zero attached hydrogens (tertiary/aromatic N) is 2. The Labute approximate surface area is 120 Å². The van der Waals surface area contributed by atoms with Crippen LogP contribution in [0.25, 0.3) is 0 Å². The molecule has 0 aliphatic heterocycles. The van der Waals surface area contributed by atoms with E-state index in [1.54, 1.807) is 12.1 Å². The minimum atomic E-state index is -3.69. The largest absolute Gasteiger partial charge is 0.396 e. The van der Waals surface area contributed by atoms with E-state index in [4.69, 9.17) is 10.4 Å². The standard InChI is InChI=1S/C14H20N2O3S/c1-2-3-9-16(10-6-11-17)20(18,19)14-8-5-4-7-13(14)12-15/h4-5,7-8,17H,2-3,6,9-11H2,1H3. The molecule has 0 aromatic heterocycles. The van der Waals surface area contributed by atoms with E-state index < -0.39 is 10.0 Å². The lowest BCUT2D eigenvalue weighted by Crippen LogP contribution is -2.33. The molecule has 5 nitrogen and oxygen atoms in total. The van der Waals surface area contributed by atoms with Crippen LogP contribution in [-0.4, -0.2) is 37.5 Å². The maximum Gasteiger partial charge on any atom is 0.244 e. The van der Waals surface area contributed by atoms with E-state index in [1.165, 1.54) is 16.4 Å². The van der Waals surface area contributed by atoms with Gasteiger partial charge in [-0.05, 0) is 25.0 Å². The fourth-order valence-electron chi connectivity index (χ4n) is 1.86. The summed E-state index contributed by atoms with van der Waals surface area (Å²) in [5.74, 6) is 0. The van der Waals surface area contributed by atoms with Crippen LogP contribution in [0.1, 0.15) is 31.7 Å². The van der Waals surface area contributed by atoms with Crippen molar-refractivity contribution in [2.24, 2.45) is 0 Å². The number of rotatable bonds is 8. The number of aliphatic hydroxyl groups excluding tert-OH is 1. The molecule has 0 amide bonds. The van der Waals surface area contributed by atoms with Crippen LogP contribution < -0.4 is 0 Å². The van der Waals surface area contributed by atoms with Crippen molar-refractivity contribution in [2.75, 3.05) is 19.7 Å². The van der Waals surface area contributed by atoms with Crippen LogP contribution >= 0.6 is 0 Å². The lowest BCUT2D eigenvalue weighted by molar-refractivity contribution is 0.268. The minimum absolute atomic E-state index is 0.0385. The van der Waals surface area contributed by atoms with Gasteiger partial charge in [-0.2, -0.15) is 9.57 Å². The van der Waals surface area contributed by atoms with Gasteiger partial charge in [-0.15, -0.1) is 0 Å². The summed E-state index contributed by atoms with van der Waals surface area (Å²) in [6, 6.07) is 8.11. The number of hydrogen-bond acceptors (Lipinski definition) is 4. The molecule has 110 valence electrons. The molecule has 20 heavy (non-hydrogen) atoms. The lowest BCUT2D eigenvalue weighted by atomic mass is 10.2. The van der Waals surface area contributed by atoms with E-state index in [0.29, 0.717) is 13.0 Å². The Morgan fingerprint density at radius 2 is 1.90 bits per heavy atom. The average Bonchev–Trinajstić information content (AvgIpc) is 2.47. The molecule has 0 saturated carbocycles. The molecule has 0 unspecified atom stereocenters. The van der Waals surface area contributed by atoms with Crippen molar-refractivity contribution in [2.45, 2.75) is 31.1 Å². The highest BCUT2D eigenvalue weighted by Gasteiger charge is 2.25. The van der Waals surface area contributed by atoms with Gasteiger partial charge in [0.25, 0.3) is 0 Å². The fourth-order valence-corrected chi connectivity index (χ4v) is 3.52. The number of hydrogen-bond donors (Lipinski definition) is 1. The summed E-state index contributed by atoms with van der Waals surface area (Å²) in [6.07, 6.45) is 2.02. The summed E-state index contributed by atoms with van der Waals surface area (Å²) in [6.45, 7) is 2.59. The monoisotopic (exact) mass is 296 g/mol. The van der Waals surface area contributed by atoms with Crippen molar-refractivity contribution in [3.8, 4) is 6.07 Å². The second-order valence-electron chi connectivity index (χ2n) is 4.44. The predicted octanol–water partition coefficient (Wildman–Crippen LogP) is 1.73. The first-order chi connectivity index (χ1) is 9.57. The molecular formula is C14H20N2O3S. The molecule has 1 aromatic carbocycles. The van der Waals surface area contributed by atoms with Crippen molar-refractivity contribution in [3.05, 3.63) is 29.8 Å². The van der Waals surface area contributed by atoms with Crippen LogP contribution in [0.5, 0.6) is 0 Å². The second kappa shape index (κ2) is 8.00. The molecule has 0 radical (unpaired) electrons. The first kappa shape index (κ1) is 16.6. The first-order valence-electron chi connectivity index (χ1n) is 6.68. The van der Waals surface area contributed by atoms with Gasteiger partial charge in [-0.1, -0.05) is 25.5 Å². The molecule has 0 atom stereocenters. The van der Waals surface area contributed by atoms with Crippen LogP contribution in [0.3, 0.4) is 0 Å². The van der Waals surface area contributed by atoms with Gasteiger partial charge in [0.1, 0.15) is 6.07 Å². The van der Waals surface area contributed by atoms with Gasteiger partial charge in [0.15, 0.2) is 0 Å². The molecule has 0 aliphatic carbocycles. The second-order valence-corrected chi connectivity index (χ2v) is 6.35. The summed E-state index contributed by atoms with van der Waals surface area (Å²) < 4.78 is 26.6. The van der Waals surface area contributed by atoms with Crippen LogP contribution in [0.15, 0.2) is 29.2 Å². The molecule has 1 aromatic rings. The van der Waals surface area contributed by atoms with Crippen LogP contribution in [0.2, 0.25) is 0 Å². The Bertz CT molecular complexity index is 556. The van der Waals surface area contributed by atoms with Crippen LogP contribution in [0, 0.1) is 11.3 Å². The van der Waals surface area contributed by atoms with E-state index in [9.17, 15) is 8.42 Å². The van der Waals surface area contributed by atoms with E-state index in [2.05, 4.69) is 0 Å². The maximum atomic E-state index is 12.6. The molecule has 0 bridgehead atoms. The third-order valence-electron chi connectivity index (χ3n) is 2.95. The summed E-state index contributed by atoms with van der Waals surface area (Å²) in [5, 5.41) is 17.9. The highest BCUT2D eigenvalue weighted by Crippen LogP contribution is 2.20. The number of aliphatic hydroxyl groups is 1. The third kappa shape index (κ3) is 4.04. The average molecular weight is 296 g/mol. The van der Waals surface area contributed by atoms with Crippen molar-refractivity contribution >= 4 is 10.0 Å². The molecular weight excluding hydrogens is 276 g/mol. The number of benzene rings is 1. The Morgan fingerprint density at radius 1 is 1.25 bits per heavy atom. The predicted molar refractivity (Wildman–Crippen MR) is 76.5 cm³/mol. The van der Waals surface area contributed by atoms with Gasteiger partial charge in [0.05, 0.1) is 10.5 Å². The molecule has 6 heteroatoms. The highest BCUT2D eigenvalue weighted by atomic mass is 32.2. The summed E-state index contributed by atoms with van der Waals surface area (Å²) in [4.78, 5) is 0.0385. The zero-order valence-corrected chi connectivity index (χ0v) is 12.4. The SMILES string of the molecule is CCCCN(CCCO)S(=O)(=O)c1ccccc1C#N. The Balaban J connectivity index is 3.11. The maximum absolute atomic E-state index is 12.6. The molecule has 0 fully saturated rings. The topological polar surface area (TPSA) is 81.4 Å². The third-order valence-corrected chi connectivity index (χ3v) is 4.91. The van der Waals surface area contributed by atoms with Crippen LogP contribution in [-0.2, 0) is 10.0 Å². The molecule has 1 rings (SSSR count). The minimum Gasteiger partial charge on any atom is -0.396 e. The smallest absolute Gasteiger partial charge is 0.244 e. The molecule has 0 spiro atoms. The molecule has 1 N–H and O–H groups in total. The van der Waals surface area contributed by atoms with Crippen molar-refractivity contribution in [3.63, 3.8) is 0 Å².